The number of hydrogen-bond acceptors (Lipinski definition) is 3. The number of methoxy groups -OCH3 is 1. The Morgan fingerprint density at radius 3 is 2.67 bits per heavy atom. The minimum Gasteiger partial charge on any atom is -0.495 e. The second-order valence-electron chi connectivity index (χ2n) is 5.70. The fourth-order valence-corrected chi connectivity index (χ4v) is 2.88. The summed E-state index contributed by atoms with van der Waals surface area (Å²) >= 11 is 5.96. The van der Waals surface area contributed by atoms with Gasteiger partial charge >= 0.3 is 6.18 Å². The average molecular weight is 398 g/mol. The molecule has 0 fully saturated rings. The van der Waals surface area contributed by atoms with E-state index < -0.39 is 17.6 Å². The van der Waals surface area contributed by atoms with Crippen molar-refractivity contribution in [2.75, 3.05) is 12.4 Å². The molecule has 0 aliphatic rings. The molecule has 1 N–H and O–H groups in total. The second kappa shape index (κ2) is 7.11. The van der Waals surface area contributed by atoms with Crippen molar-refractivity contribution in [1.82, 2.24) is 9.38 Å². The molecule has 2 aromatic heterocycles. The van der Waals surface area contributed by atoms with E-state index in [4.69, 9.17) is 16.3 Å². The average Bonchev–Trinajstić information content (AvgIpc) is 2.99. The second-order valence-corrected chi connectivity index (χ2v) is 6.14. The standard InChI is InChI=1S/C18H15ClF3N3O2/c1-3-12-16(17(26)24-13-8-11(19)5-6-14(13)27-2)25-9-10(18(20,21)22)4-7-15(25)23-12/h4-9H,3H2,1-2H3,(H,24,26). The van der Waals surface area contributed by atoms with Crippen LogP contribution in [0.4, 0.5) is 18.9 Å². The van der Waals surface area contributed by atoms with Crippen LogP contribution in [0.5, 0.6) is 5.75 Å². The molecule has 0 saturated carbocycles. The van der Waals surface area contributed by atoms with E-state index in [9.17, 15) is 18.0 Å². The lowest BCUT2D eigenvalue weighted by atomic mass is 10.2. The molecule has 0 saturated heterocycles. The maximum atomic E-state index is 13.1. The van der Waals surface area contributed by atoms with Gasteiger partial charge in [0.2, 0.25) is 0 Å². The SMILES string of the molecule is CCc1nc2ccc(C(F)(F)F)cn2c1C(=O)Nc1cc(Cl)ccc1OC. The molecule has 1 amide bonds. The van der Waals surface area contributed by atoms with E-state index in [1.807, 2.05) is 0 Å². The minimum absolute atomic E-state index is 0.0284. The smallest absolute Gasteiger partial charge is 0.417 e. The molecule has 0 bridgehead atoms. The van der Waals surface area contributed by atoms with Crippen molar-refractivity contribution in [3.05, 3.63) is 58.5 Å². The Bertz CT molecular complexity index is 1010. The Hall–Kier alpha value is -2.74. The topological polar surface area (TPSA) is 55.6 Å². The van der Waals surface area contributed by atoms with Crippen molar-refractivity contribution in [2.45, 2.75) is 19.5 Å². The van der Waals surface area contributed by atoms with Crippen LogP contribution in [-0.2, 0) is 12.6 Å². The van der Waals surface area contributed by atoms with Gasteiger partial charge < -0.3 is 10.1 Å². The first-order valence-electron chi connectivity index (χ1n) is 7.97. The summed E-state index contributed by atoms with van der Waals surface area (Å²) in [5, 5.41) is 3.01. The normalized spacial score (nSPS) is 11.6. The van der Waals surface area contributed by atoms with E-state index in [-0.39, 0.29) is 11.3 Å². The lowest BCUT2D eigenvalue weighted by Crippen LogP contribution is -2.17. The molecule has 2 heterocycles. The maximum Gasteiger partial charge on any atom is 0.417 e. The number of aromatic nitrogens is 2. The molecular formula is C18H15ClF3N3O2. The van der Waals surface area contributed by atoms with Crippen LogP contribution in [0.1, 0.15) is 28.7 Å². The number of halogens is 4. The van der Waals surface area contributed by atoms with Gasteiger partial charge in [-0.15, -0.1) is 0 Å². The van der Waals surface area contributed by atoms with Crippen LogP contribution in [0.25, 0.3) is 5.65 Å². The van der Waals surface area contributed by atoms with Crippen molar-refractivity contribution in [1.29, 1.82) is 0 Å². The van der Waals surface area contributed by atoms with Crippen LogP contribution < -0.4 is 10.1 Å². The molecule has 0 aliphatic carbocycles. The number of imidazole rings is 1. The quantitative estimate of drug-likeness (QED) is 0.686. The number of pyridine rings is 1. The highest BCUT2D eigenvalue weighted by Gasteiger charge is 2.32. The number of fused-ring (bicyclic) bond motifs is 1. The molecule has 0 spiro atoms. The first-order chi connectivity index (χ1) is 12.7. The predicted octanol–water partition coefficient (Wildman–Crippen LogP) is 4.83. The Balaban J connectivity index is 2.09. The number of nitrogens with one attached hydrogen (secondary N) is 1. The van der Waals surface area contributed by atoms with Crippen molar-refractivity contribution in [3.8, 4) is 5.75 Å². The van der Waals surface area contributed by atoms with Gasteiger partial charge in [-0.2, -0.15) is 13.2 Å². The van der Waals surface area contributed by atoms with Gasteiger partial charge in [0.15, 0.2) is 0 Å². The third kappa shape index (κ3) is 3.71. The minimum atomic E-state index is -4.53. The van der Waals surface area contributed by atoms with E-state index in [2.05, 4.69) is 10.3 Å². The monoisotopic (exact) mass is 397 g/mol. The van der Waals surface area contributed by atoms with Crippen LogP contribution in [-0.4, -0.2) is 22.4 Å². The number of amides is 1. The van der Waals surface area contributed by atoms with Gasteiger partial charge in [0.1, 0.15) is 17.1 Å². The molecule has 142 valence electrons. The summed E-state index contributed by atoms with van der Waals surface area (Å²) < 4.78 is 45.5. The number of nitrogens with zero attached hydrogens (tertiary/aromatic N) is 2. The summed E-state index contributed by atoms with van der Waals surface area (Å²) in [5.41, 5.74) is 0.0972. The third-order valence-electron chi connectivity index (χ3n) is 3.98. The van der Waals surface area contributed by atoms with Gasteiger partial charge in [-0.3, -0.25) is 9.20 Å². The summed E-state index contributed by atoms with van der Waals surface area (Å²) in [6.07, 6.45) is -3.29. The van der Waals surface area contributed by atoms with Crippen LogP contribution in [0.15, 0.2) is 36.5 Å². The largest absolute Gasteiger partial charge is 0.495 e. The van der Waals surface area contributed by atoms with Gasteiger partial charge in [-0.05, 0) is 36.8 Å². The van der Waals surface area contributed by atoms with E-state index in [0.29, 0.717) is 28.6 Å². The zero-order chi connectivity index (χ0) is 19.8. The Labute approximate surface area is 157 Å². The highest BCUT2D eigenvalue weighted by Crippen LogP contribution is 2.31. The van der Waals surface area contributed by atoms with Gasteiger partial charge in [0.25, 0.3) is 5.91 Å². The fourth-order valence-electron chi connectivity index (χ4n) is 2.71. The molecular weight excluding hydrogens is 383 g/mol. The molecule has 9 heteroatoms. The molecule has 1 aromatic carbocycles. The Morgan fingerprint density at radius 2 is 2.04 bits per heavy atom. The summed E-state index contributed by atoms with van der Waals surface area (Å²) in [7, 11) is 1.43. The number of benzene rings is 1. The van der Waals surface area contributed by atoms with Crippen molar-refractivity contribution in [3.63, 3.8) is 0 Å². The van der Waals surface area contributed by atoms with Crippen LogP contribution in [0.3, 0.4) is 0 Å². The molecule has 0 unspecified atom stereocenters. The van der Waals surface area contributed by atoms with Gasteiger partial charge in [0, 0.05) is 11.2 Å². The molecule has 5 nitrogen and oxygen atoms in total. The lowest BCUT2D eigenvalue weighted by Gasteiger charge is -2.12. The number of rotatable bonds is 4. The first-order valence-corrected chi connectivity index (χ1v) is 8.35. The number of ether oxygens (including phenoxy) is 1. The van der Waals surface area contributed by atoms with Gasteiger partial charge in [0.05, 0.1) is 24.1 Å². The number of alkyl halides is 3. The molecule has 0 atom stereocenters. The third-order valence-corrected chi connectivity index (χ3v) is 4.21. The van der Waals surface area contributed by atoms with Gasteiger partial charge in [-0.25, -0.2) is 4.98 Å². The van der Waals surface area contributed by atoms with Crippen LogP contribution in [0.2, 0.25) is 5.02 Å². The highest BCUT2D eigenvalue weighted by atomic mass is 35.5. The van der Waals surface area contributed by atoms with E-state index in [1.165, 1.54) is 19.2 Å². The molecule has 27 heavy (non-hydrogen) atoms. The molecule has 3 aromatic rings. The highest BCUT2D eigenvalue weighted by molar-refractivity contribution is 6.31. The van der Waals surface area contributed by atoms with E-state index >= 15 is 0 Å². The number of hydrogen-bond donors (Lipinski definition) is 1. The summed E-state index contributed by atoms with van der Waals surface area (Å²) in [6.45, 7) is 1.77. The number of anilines is 1. The molecule has 3 rings (SSSR count). The van der Waals surface area contributed by atoms with Crippen molar-refractivity contribution >= 4 is 28.8 Å². The zero-order valence-electron chi connectivity index (χ0n) is 14.4. The van der Waals surface area contributed by atoms with Gasteiger partial charge in [-0.1, -0.05) is 18.5 Å². The summed E-state index contributed by atoms with van der Waals surface area (Å²) in [4.78, 5) is 17.1. The number of carbonyl (C=O) groups is 1. The predicted molar refractivity (Wildman–Crippen MR) is 95.5 cm³/mol. The Morgan fingerprint density at radius 1 is 1.30 bits per heavy atom. The van der Waals surface area contributed by atoms with Crippen molar-refractivity contribution in [2.24, 2.45) is 0 Å². The molecule has 0 radical (unpaired) electrons. The number of carbonyl (C=O) groups excluding carboxylic acids is 1. The number of aryl methyl sites for hydroxylation is 1. The lowest BCUT2D eigenvalue weighted by molar-refractivity contribution is -0.137. The fraction of sp³-hybridized carbons (Fsp3) is 0.222. The van der Waals surface area contributed by atoms with Crippen LogP contribution >= 0.6 is 11.6 Å². The first kappa shape index (κ1) is 19.0. The zero-order valence-corrected chi connectivity index (χ0v) is 15.1. The van der Waals surface area contributed by atoms with E-state index in [1.54, 1.807) is 19.1 Å². The van der Waals surface area contributed by atoms with Crippen LogP contribution in [0, 0.1) is 0 Å². The molecule has 0 aliphatic heterocycles. The van der Waals surface area contributed by atoms with E-state index in [0.717, 1.165) is 16.7 Å². The Kier molecular flexibility index (Phi) is 5.01. The summed E-state index contributed by atoms with van der Waals surface area (Å²) in [6, 6.07) is 6.84. The maximum absolute atomic E-state index is 13.1. The summed E-state index contributed by atoms with van der Waals surface area (Å²) in [5.74, 6) is -0.241. The van der Waals surface area contributed by atoms with Crippen molar-refractivity contribution < 1.29 is 22.7 Å².